The third kappa shape index (κ3) is 3.26. The van der Waals surface area contributed by atoms with E-state index in [1.165, 1.54) is 18.2 Å². The first-order chi connectivity index (χ1) is 9.08. The molecule has 4 nitrogen and oxygen atoms in total. The lowest BCUT2D eigenvalue weighted by molar-refractivity contribution is 0.0945. The highest BCUT2D eigenvalue weighted by molar-refractivity contribution is 9.10. The lowest BCUT2D eigenvalue weighted by Crippen LogP contribution is -2.23. The van der Waals surface area contributed by atoms with Crippen molar-refractivity contribution in [3.05, 3.63) is 58.1 Å². The van der Waals surface area contributed by atoms with E-state index in [4.69, 9.17) is 0 Å². The van der Waals surface area contributed by atoms with Gasteiger partial charge in [0, 0.05) is 11.0 Å². The maximum atomic E-state index is 11.9. The van der Waals surface area contributed by atoms with Gasteiger partial charge < -0.3 is 15.5 Å². The Labute approximate surface area is 118 Å². The van der Waals surface area contributed by atoms with E-state index in [0.717, 1.165) is 10.0 Å². The fraction of sp³-hybridized carbons (Fsp3) is 0.0714. The summed E-state index contributed by atoms with van der Waals surface area (Å²) in [5, 5.41) is 21.8. The van der Waals surface area contributed by atoms with Crippen LogP contribution in [-0.4, -0.2) is 16.1 Å². The summed E-state index contributed by atoms with van der Waals surface area (Å²) in [6.45, 7) is 0.312. The Morgan fingerprint density at radius 2 is 1.74 bits per heavy atom. The molecule has 2 rings (SSSR count). The number of hydrogen-bond acceptors (Lipinski definition) is 3. The van der Waals surface area contributed by atoms with E-state index in [1.807, 2.05) is 24.3 Å². The summed E-state index contributed by atoms with van der Waals surface area (Å²) in [6, 6.07) is 11.7. The van der Waals surface area contributed by atoms with Gasteiger partial charge in [0.25, 0.3) is 5.91 Å². The van der Waals surface area contributed by atoms with E-state index >= 15 is 0 Å². The highest BCUT2D eigenvalue weighted by atomic mass is 79.9. The number of phenols is 2. The molecule has 0 spiro atoms. The summed E-state index contributed by atoms with van der Waals surface area (Å²) in [6.07, 6.45) is 0. The van der Waals surface area contributed by atoms with Crippen molar-refractivity contribution in [1.29, 1.82) is 0 Å². The van der Waals surface area contributed by atoms with Gasteiger partial charge in [-0.1, -0.05) is 34.1 Å². The molecule has 2 aromatic rings. The number of phenolic OH excluding ortho intramolecular Hbond substituents is 2. The quantitative estimate of drug-likeness (QED) is 0.814. The fourth-order valence-corrected chi connectivity index (χ4v) is 2.13. The number of hydrogen-bond donors (Lipinski definition) is 3. The van der Waals surface area contributed by atoms with Crippen LogP contribution < -0.4 is 5.32 Å². The van der Waals surface area contributed by atoms with Crippen molar-refractivity contribution in [2.75, 3.05) is 0 Å². The van der Waals surface area contributed by atoms with Gasteiger partial charge in [0.05, 0.1) is 0 Å². The second-order valence-electron chi connectivity index (χ2n) is 3.98. The third-order valence-electron chi connectivity index (χ3n) is 2.59. The van der Waals surface area contributed by atoms with Crippen molar-refractivity contribution < 1.29 is 15.0 Å². The van der Waals surface area contributed by atoms with Gasteiger partial charge in [0.1, 0.15) is 17.1 Å². The highest BCUT2D eigenvalue weighted by Crippen LogP contribution is 2.25. The Kier molecular flexibility index (Phi) is 4.06. The first-order valence-electron chi connectivity index (χ1n) is 5.61. The van der Waals surface area contributed by atoms with Gasteiger partial charge in [0.15, 0.2) is 0 Å². The van der Waals surface area contributed by atoms with Crippen LogP contribution in [-0.2, 0) is 6.54 Å². The maximum absolute atomic E-state index is 11.9. The van der Waals surface area contributed by atoms with E-state index in [9.17, 15) is 15.0 Å². The average molecular weight is 322 g/mol. The average Bonchev–Trinajstić information content (AvgIpc) is 2.36. The first-order valence-corrected chi connectivity index (χ1v) is 6.41. The molecule has 1 amide bonds. The molecule has 0 aromatic heterocycles. The van der Waals surface area contributed by atoms with Crippen LogP contribution in [0.5, 0.6) is 11.5 Å². The van der Waals surface area contributed by atoms with Crippen molar-refractivity contribution in [2.24, 2.45) is 0 Å². The molecule has 0 unspecified atom stereocenters. The molecule has 0 radical (unpaired) electrons. The number of aromatic hydroxyl groups is 2. The number of nitrogens with one attached hydrogen (secondary N) is 1. The SMILES string of the molecule is O=C(NCc1cccc(Br)c1)c1c(O)cccc1O. The van der Waals surface area contributed by atoms with Crippen LogP contribution in [0.1, 0.15) is 15.9 Å². The minimum Gasteiger partial charge on any atom is -0.507 e. The minimum absolute atomic E-state index is 0.113. The normalized spacial score (nSPS) is 10.2. The van der Waals surface area contributed by atoms with Crippen molar-refractivity contribution >= 4 is 21.8 Å². The van der Waals surface area contributed by atoms with Gasteiger partial charge in [-0.05, 0) is 29.8 Å². The molecule has 5 heteroatoms. The first kappa shape index (κ1) is 13.4. The summed E-state index contributed by atoms with van der Waals surface area (Å²) in [7, 11) is 0. The Bertz CT molecular complexity index is 593. The topological polar surface area (TPSA) is 69.6 Å². The second-order valence-corrected chi connectivity index (χ2v) is 4.90. The summed E-state index contributed by atoms with van der Waals surface area (Å²) in [5.74, 6) is -1.01. The lowest BCUT2D eigenvalue weighted by atomic mass is 10.1. The Hall–Kier alpha value is -2.01. The smallest absolute Gasteiger partial charge is 0.259 e. The van der Waals surface area contributed by atoms with Gasteiger partial charge in [-0.2, -0.15) is 0 Å². The van der Waals surface area contributed by atoms with E-state index in [0.29, 0.717) is 6.54 Å². The lowest BCUT2D eigenvalue weighted by Gasteiger charge is -2.08. The van der Waals surface area contributed by atoms with Crippen LogP contribution in [0.3, 0.4) is 0 Å². The standard InChI is InChI=1S/C14H12BrNO3/c15-10-4-1-3-9(7-10)8-16-14(19)13-11(17)5-2-6-12(13)18/h1-7,17-18H,8H2,(H,16,19). The van der Waals surface area contributed by atoms with Crippen molar-refractivity contribution in [2.45, 2.75) is 6.54 Å². The largest absolute Gasteiger partial charge is 0.507 e. The zero-order chi connectivity index (χ0) is 13.8. The Morgan fingerprint density at radius 1 is 1.11 bits per heavy atom. The zero-order valence-corrected chi connectivity index (χ0v) is 11.5. The molecular formula is C14H12BrNO3. The Morgan fingerprint density at radius 3 is 2.37 bits per heavy atom. The maximum Gasteiger partial charge on any atom is 0.259 e. The number of carbonyl (C=O) groups is 1. The van der Waals surface area contributed by atoms with Crippen molar-refractivity contribution in [1.82, 2.24) is 5.32 Å². The molecule has 0 saturated carbocycles. The van der Waals surface area contributed by atoms with E-state index in [-0.39, 0.29) is 17.1 Å². The van der Waals surface area contributed by atoms with Gasteiger partial charge in [-0.15, -0.1) is 0 Å². The van der Waals surface area contributed by atoms with Crippen LogP contribution in [0.4, 0.5) is 0 Å². The van der Waals surface area contributed by atoms with Gasteiger partial charge in [-0.3, -0.25) is 4.79 Å². The molecule has 0 aliphatic rings. The molecule has 0 bridgehead atoms. The van der Waals surface area contributed by atoms with Gasteiger partial charge in [0.2, 0.25) is 0 Å². The molecule has 2 aromatic carbocycles. The zero-order valence-electron chi connectivity index (χ0n) is 9.93. The van der Waals surface area contributed by atoms with Crippen LogP contribution >= 0.6 is 15.9 Å². The fourth-order valence-electron chi connectivity index (χ4n) is 1.68. The third-order valence-corrected chi connectivity index (χ3v) is 3.08. The molecule has 0 fully saturated rings. The predicted molar refractivity (Wildman–Crippen MR) is 75.1 cm³/mol. The molecular weight excluding hydrogens is 310 g/mol. The number of carbonyl (C=O) groups excluding carboxylic acids is 1. The molecule has 0 aliphatic carbocycles. The molecule has 98 valence electrons. The minimum atomic E-state index is -0.518. The number of benzene rings is 2. The molecule has 0 aliphatic heterocycles. The number of rotatable bonds is 3. The van der Waals surface area contributed by atoms with E-state index in [1.54, 1.807) is 0 Å². The van der Waals surface area contributed by atoms with Gasteiger partial charge >= 0.3 is 0 Å². The molecule has 0 saturated heterocycles. The Balaban J connectivity index is 2.10. The van der Waals surface area contributed by atoms with Crippen LogP contribution in [0.25, 0.3) is 0 Å². The summed E-state index contributed by atoms with van der Waals surface area (Å²) < 4.78 is 0.921. The highest BCUT2D eigenvalue weighted by Gasteiger charge is 2.15. The summed E-state index contributed by atoms with van der Waals surface area (Å²) >= 11 is 3.34. The van der Waals surface area contributed by atoms with Gasteiger partial charge in [-0.25, -0.2) is 0 Å². The summed E-state index contributed by atoms with van der Waals surface area (Å²) in [5.41, 5.74) is 0.801. The molecule has 19 heavy (non-hydrogen) atoms. The van der Waals surface area contributed by atoms with Crippen molar-refractivity contribution in [3.63, 3.8) is 0 Å². The molecule has 3 N–H and O–H groups in total. The van der Waals surface area contributed by atoms with E-state index < -0.39 is 5.91 Å². The summed E-state index contributed by atoms with van der Waals surface area (Å²) in [4.78, 5) is 11.9. The number of amides is 1. The molecule has 0 atom stereocenters. The van der Waals surface area contributed by atoms with Crippen LogP contribution in [0.15, 0.2) is 46.9 Å². The number of halogens is 1. The second kappa shape index (κ2) is 5.75. The molecule has 0 heterocycles. The predicted octanol–water partition coefficient (Wildman–Crippen LogP) is 2.79. The van der Waals surface area contributed by atoms with Crippen LogP contribution in [0.2, 0.25) is 0 Å². The van der Waals surface area contributed by atoms with Crippen molar-refractivity contribution in [3.8, 4) is 11.5 Å². The monoisotopic (exact) mass is 321 g/mol. The van der Waals surface area contributed by atoms with Crippen LogP contribution in [0, 0.1) is 0 Å². The van der Waals surface area contributed by atoms with E-state index in [2.05, 4.69) is 21.2 Å².